The largest absolute Gasteiger partial charge is 0.370 e. The lowest BCUT2D eigenvalue weighted by molar-refractivity contribution is 0.133. The third-order valence-corrected chi connectivity index (χ3v) is 2.28. The fourth-order valence-corrected chi connectivity index (χ4v) is 1.63. The van der Waals surface area contributed by atoms with Crippen LogP contribution in [0.25, 0.3) is 0 Å². The molecule has 1 aliphatic rings. The van der Waals surface area contributed by atoms with E-state index in [0.717, 1.165) is 0 Å². The number of fused-ring (bicyclic) bond motifs is 1. The van der Waals surface area contributed by atoms with E-state index in [1.54, 1.807) is 0 Å². The maximum atomic E-state index is 8.78. The van der Waals surface area contributed by atoms with Gasteiger partial charge < -0.3 is 4.74 Å². The molecule has 0 amide bonds. The summed E-state index contributed by atoms with van der Waals surface area (Å²) in [5.41, 5.74) is 1.75. The van der Waals surface area contributed by atoms with Crippen molar-refractivity contribution < 1.29 is 4.74 Å². The van der Waals surface area contributed by atoms with Crippen LogP contribution in [0.2, 0.25) is 5.28 Å². The van der Waals surface area contributed by atoms with Crippen LogP contribution < -0.4 is 0 Å². The first-order valence-corrected chi connectivity index (χ1v) is 4.56. The van der Waals surface area contributed by atoms with Gasteiger partial charge in [-0.15, -0.1) is 0 Å². The number of nitriles is 2. The summed E-state index contributed by atoms with van der Waals surface area (Å²) in [4.78, 5) is 7.89. The van der Waals surface area contributed by atoms with Crippen LogP contribution in [-0.2, 0) is 18.0 Å². The molecule has 74 valence electrons. The summed E-state index contributed by atoms with van der Waals surface area (Å²) in [6.45, 7) is 0.690. The molecule has 1 aliphatic heterocycles. The molecule has 2 heterocycles. The fourth-order valence-electron chi connectivity index (χ4n) is 1.43. The Morgan fingerprint density at radius 1 is 1.27 bits per heavy atom. The minimum Gasteiger partial charge on any atom is -0.370 e. The number of nitrogens with zero attached hydrogens (tertiary/aromatic N) is 4. The zero-order valence-electron chi connectivity index (χ0n) is 7.57. The molecule has 0 aliphatic carbocycles. The molecule has 6 heteroatoms. The van der Waals surface area contributed by atoms with Gasteiger partial charge in [-0.1, -0.05) is 0 Å². The third kappa shape index (κ3) is 1.63. The Kier molecular flexibility index (Phi) is 2.51. The Balaban J connectivity index is 2.58. The van der Waals surface area contributed by atoms with Gasteiger partial charge in [-0.05, 0) is 11.6 Å². The van der Waals surface area contributed by atoms with Gasteiger partial charge in [-0.2, -0.15) is 10.5 Å². The van der Waals surface area contributed by atoms with Crippen LogP contribution in [0.15, 0.2) is 0 Å². The second kappa shape index (κ2) is 3.82. The van der Waals surface area contributed by atoms with Gasteiger partial charge in [-0.3, -0.25) is 0 Å². The third-order valence-electron chi connectivity index (χ3n) is 2.11. The molecule has 0 saturated carbocycles. The lowest BCUT2D eigenvalue weighted by Gasteiger charge is -2.05. The molecule has 0 atom stereocenters. The van der Waals surface area contributed by atoms with Crippen molar-refractivity contribution in [3.05, 3.63) is 22.2 Å². The Hall–Kier alpha value is -1.69. The van der Waals surface area contributed by atoms with Gasteiger partial charge in [0, 0.05) is 5.56 Å². The van der Waals surface area contributed by atoms with Crippen LogP contribution in [0.1, 0.15) is 22.9 Å². The SMILES string of the molecule is N#CC(C#N)c1nc(Cl)nc2c1COC2. The van der Waals surface area contributed by atoms with Crippen molar-refractivity contribution in [2.24, 2.45) is 0 Å². The molecule has 0 radical (unpaired) electrons. The number of aromatic nitrogens is 2. The lowest BCUT2D eigenvalue weighted by Crippen LogP contribution is -2.05. The monoisotopic (exact) mass is 220 g/mol. The summed E-state index contributed by atoms with van der Waals surface area (Å²) in [7, 11) is 0. The minimum atomic E-state index is -0.916. The molecule has 15 heavy (non-hydrogen) atoms. The lowest BCUT2D eigenvalue weighted by atomic mass is 10.0. The van der Waals surface area contributed by atoms with Crippen molar-refractivity contribution in [2.45, 2.75) is 19.1 Å². The van der Waals surface area contributed by atoms with E-state index >= 15 is 0 Å². The molecule has 0 N–H and O–H groups in total. The summed E-state index contributed by atoms with van der Waals surface area (Å²) < 4.78 is 5.17. The number of hydrogen-bond donors (Lipinski definition) is 0. The number of hydrogen-bond acceptors (Lipinski definition) is 5. The fraction of sp³-hybridized carbons (Fsp3) is 0.333. The second-order valence-corrected chi connectivity index (χ2v) is 3.33. The van der Waals surface area contributed by atoms with Gasteiger partial charge in [0.25, 0.3) is 0 Å². The molecule has 0 fully saturated rings. The summed E-state index contributed by atoms with van der Waals surface area (Å²) in [6, 6.07) is 3.72. The van der Waals surface area contributed by atoms with E-state index in [1.807, 2.05) is 12.1 Å². The molecule has 0 unspecified atom stereocenters. The van der Waals surface area contributed by atoms with E-state index in [1.165, 1.54) is 0 Å². The molecule has 1 aromatic heterocycles. The van der Waals surface area contributed by atoms with Gasteiger partial charge in [0.05, 0.1) is 36.7 Å². The summed E-state index contributed by atoms with van der Waals surface area (Å²) in [6.07, 6.45) is 0. The van der Waals surface area contributed by atoms with Crippen LogP contribution >= 0.6 is 11.6 Å². The van der Waals surface area contributed by atoms with Gasteiger partial charge >= 0.3 is 0 Å². The standard InChI is InChI=1S/C9H5ClN4O/c10-9-13-7-4-15-3-6(7)8(14-9)5(1-11)2-12/h5H,3-4H2. The van der Waals surface area contributed by atoms with E-state index in [9.17, 15) is 0 Å². The van der Waals surface area contributed by atoms with E-state index in [4.69, 9.17) is 26.9 Å². The molecule has 1 aromatic rings. The van der Waals surface area contributed by atoms with Gasteiger partial charge in [0.2, 0.25) is 5.28 Å². The average molecular weight is 221 g/mol. The molecular formula is C9H5ClN4O. The van der Waals surface area contributed by atoms with Crippen LogP contribution in [-0.4, -0.2) is 9.97 Å². The van der Waals surface area contributed by atoms with Crippen molar-refractivity contribution in [3.63, 3.8) is 0 Å². The zero-order valence-corrected chi connectivity index (χ0v) is 8.32. The van der Waals surface area contributed by atoms with Crippen LogP contribution in [0.4, 0.5) is 0 Å². The van der Waals surface area contributed by atoms with E-state index in [2.05, 4.69) is 9.97 Å². The predicted molar refractivity (Wildman–Crippen MR) is 49.5 cm³/mol. The molecule has 5 nitrogen and oxygen atoms in total. The summed E-state index contributed by atoms with van der Waals surface area (Å²) >= 11 is 5.69. The van der Waals surface area contributed by atoms with Crippen molar-refractivity contribution >= 4 is 11.6 Å². The normalized spacial score (nSPS) is 13.3. The summed E-state index contributed by atoms with van der Waals surface area (Å²) in [5, 5.41) is 17.6. The first-order valence-electron chi connectivity index (χ1n) is 4.18. The number of rotatable bonds is 1. The minimum absolute atomic E-state index is 0.0461. The molecule has 0 bridgehead atoms. The maximum absolute atomic E-state index is 8.78. The van der Waals surface area contributed by atoms with Crippen LogP contribution in [0.3, 0.4) is 0 Å². The van der Waals surface area contributed by atoms with E-state index in [-0.39, 0.29) is 5.28 Å². The topological polar surface area (TPSA) is 82.6 Å². The van der Waals surface area contributed by atoms with Crippen LogP contribution in [0, 0.1) is 22.7 Å². The summed E-state index contributed by atoms with van der Waals surface area (Å²) in [5.74, 6) is -0.916. The molecule has 0 spiro atoms. The average Bonchev–Trinajstić information content (AvgIpc) is 2.67. The second-order valence-electron chi connectivity index (χ2n) is 2.99. The number of ether oxygens (including phenoxy) is 1. The first-order chi connectivity index (χ1) is 7.26. The molecule has 0 saturated heterocycles. The Morgan fingerprint density at radius 3 is 2.67 bits per heavy atom. The molecular weight excluding hydrogens is 216 g/mol. The first kappa shape index (κ1) is 9.85. The van der Waals surface area contributed by atoms with Crippen molar-refractivity contribution in [1.82, 2.24) is 9.97 Å². The smallest absolute Gasteiger partial charge is 0.222 e. The van der Waals surface area contributed by atoms with Gasteiger partial charge in [0.15, 0.2) is 5.92 Å². The highest BCUT2D eigenvalue weighted by Crippen LogP contribution is 2.26. The highest BCUT2D eigenvalue weighted by molar-refractivity contribution is 6.28. The van der Waals surface area contributed by atoms with Crippen molar-refractivity contribution in [2.75, 3.05) is 0 Å². The number of halogens is 1. The Morgan fingerprint density at radius 2 is 2.00 bits per heavy atom. The maximum Gasteiger partial charge on any atom is 0.222 e. The van der Waals surface area contributed by atoms with E-state index in [0.29, 0.717) is 30.2 Å². The predicted octanol–water partition coefficient (Wildman–Crippen LogP) is 1.29. The van der Waals surface area contributed by atoms with E-state index < -0.39 is 5.92 Å². The highest BCUT2D eigenvalue weighted by atomic mass is 35.5. The van der Waals surface area contributed by atoms with Crippen LogP contribution in [0.5, 0.6) is 0 Å². The van der Waals surface area contributed by atoms with Crippen molar-refractivity contribution in [3.8, 4) is 12.1 Å². The quantitative estimate of drug-likeness (QED) is 0.666. The Bertz CT molecular complexity index is 474. The Labute approximate surface area is 90.9 Å². The molecule has 0 aromatic carbocycles. The molecule has 2 rings (SSSR count). The highest BCUT2D eigenvalue weighted by Gasteiger charge is 2.24. The van der Waals surface area contributed by atoms with Gasteiger partial charge in [0.1, 0.15) is 0 Å². The van der Waals surface area contributed by atoms with Gasteiger partial charge in [-0.25, -0.2) is 9.97 Å². The van der Waals surface area contributed by atoms with Crippen molar-refractivity contribution in [1.29, 1.82) is 10.5 Å². The zero-order chi connectivity index (χ0) is 10.8.